The smallest absolute Gasteiger partial charge is 0.269 e. The summed E-state index contributed by atoms with van der Waals surface area (Å²) >= 11 is 2.17. The summed E-state index contributed by atoms with van der Waals surface area (Å²) in [6.07, 6.45) is 6.34. The van der Waals surface area contributed by atoms with Crippen molar-refractivity contribution in [1.82, 2.24) is 15.2 Å². The Labute approximate surface area is 129 Å². The van der Waals surface area contributed by atoms with Crippen molar-refractivity contribution < 1.29 is 4.79 Å². The predicted molar refractivity (Wildman–Crippen MR) is 86.3 cm³/mol. The SMILES string of the molecule is CN(C)CCCCCCNC(=O)c1ccc([131I])cn1. The van der Waals surface area contributed by atoms with E-state index in [1.54, 1.807) is 12.3 Å². The number of hydrogen-bond acceptors (Lipinski definition) is 3. The molecule has 0 aliphatic heterocycles. The van der Waals surface area contributed by atoms with Crippen molar-refractivity contribution in [2.75, 3.05) is 27.2 Å². The predicted octanol–water partition coefficient (Wildman–Crippen LogP) is 2.54. The van der Waals surface area contributed by atoms with E-state index in [2.05, 4.69) is 51.9 Å². The highest BCUT2D eigenvalue weighted by Gasteiger charge is 2.05. The van der Waals surface area contributed by atoms with Crippen LogP contribution in [0, 0.1) is 3.57 Å². The van der Waals surface area contributed by atoms with Crippen LogP contribution in [0.25, 0.3) is 0 Å². The van der Waals surface area contributed by atoms with Gasteiger partial charge in [-0.05, 0) is 68.2 Å². The molecule has 0 aliphatic rings. The van der Waals surface area contributed by atoms with Crippen molar-refractivity contribution in [3.05, 3.63) is 27.6 Å². The molecule has 5 heteroatoms. The Balaban J connectivity index is 2.09. The van der Waals surface area contributed by atoms with Gasteiger partial charge >= 0.3 is 0 Å². The van der Waals surface area contributed by atoms with Gasteiger partial charge in [-0.1, -0.05) is 12.8 Å². The zero-order valence-electron chi connectivity index (χ0n) is 11.7. The zero-order chi connectivity index (χ0) is 14.1. The minimum Gasteiger partial charge on any atom is -0.351 e. The van der Waals surface area contributed by atoms with E-state index in [4.69, 9.17) is 0 Å². The van der Waals surface area contributed by atoms with Gasteiger partial charge < -0.3 is 10.2 Å². The Morgan fingerprint density at radius 1 is 1.26 bits per heavy atom. The average molecular weight is 379 g/mol. The standard InChI is InChI=1S/C14H22IN3O/c1-18(2)10-6-4-3-5-9-16-14(19)13-8-7-12(15)11-17-13/h7-8,11H,3-6,9-10H2,1-2H3,(H,16,19)/i15+4. The molecular weight excluding hydrogens is 357 g/mol. The van der Waals surface area contributed by atoms with Gasteiger partial charge in [0, 0.05) is 16.3 Å². The molecule has 0 aromatic carbocycles. The van der Waals surface area contributed by atoms with Gasteiger partial charge in [-0.3, -0.25) is 4.79 Å². The van der Waals surface area contributed by atoms with Gasteiger partial charge in [-0.15, -0.1) is 0 Å². The highest BCUT2D eigenvalue weighted by Crippen LogP contribution is 2.03. The third-order valence-electron chi connectivity index (χ3n) is 2.78. The third-order valence-corrected chi connectivity index (χ3v) is 3.42. The van der Waals surface area contributed by atoms with Gasteiger partial charge in [0.15, 0.2) is 0 Å². The van der Waals surface area contributed by atoms with Crippen LogP contribution < -0.4 is 5.32 Å². The first-order chi connectivity index (χ1) is 9.09. The van der Waals surface area contributed by atoms with Crippen LogP contribution >= 0.6 is 22.6 Å². The van der Waals surface area contributed by atoms with Crippen LogP contribution in [-0.4, -0.2) is 43.0 Å². The molecule has 0 atom stereocenters. The van der Waals surface area contributed by atoms with Gasteiger partial charge in [-0.2, -0.15) is 0 Å². The molecule has 0 saturated carbocycles. The molecule has 1 amide bonds. The summed E-state index contributed by atoms with van der Waals surface area (Å²) in [4.78, 5) is 18.1. The first-order valence-electron chi connectivity index (χ1n) is 6.64. The number of rotatable bonds is 8. The summed E-state index contributed by atoms with van der Waals surface area (Å²) in [5.74, 6) is -0.0790. The van der Waals surface area contributed by atoms with Crippen molar-refractivity contribution >= 4 is 28.5 Å². The highest BCUT2D eigenvalue weighted by molar-refractivity contribution is 14.1. The first-order valence-corrected chi connectivity index (χ1v) is 7.72. The Kier molecular flexibility index (Phi) is 7.97. The minimum atomic E-state index is -0.0790. The van der Waals surface area contributed by atoms with E-state index in [0.717, 1.165) is 29.5 Å². The molecule has 19 heavy (non-hydrogen) atoms. The lowest BCUT2D eigenvalue weighted by atomic mass is 10.2. The Morgan fingerprint density at radius 3 is 2.63 bits per heavy atom. The lowest BCUT2D eigenvalue weighted by Crippen LogP contribution is -2.25. The number of aromatic nitrogens is 1. The van der Waals surface area contributed by atoms with Gasteiger partial charge in [0.1, 0.15) is 5.69 Å². The van der Waals surface area contributed by atoms with E-state index in [-0.39, 0.29) is 5.91 Å². The van der Waals surface area contributed by atoms with Gasteiger partial charge in [0.05, 0.1) is 0 Å². The Bertz CT molecular complexity index is 379. The van der Waals surface area contributed by atoms with E-state index >= 15 is 0 Å². The normalized spacial score (nSPS) is 10.7. The van der Waals surface area contributed by atoms with E-state index in [1.807, 2.05) is 6.07 Å². The minimum absolute atomic E-state index is 0.0790. The Hall–Kier alpha value is -0.690. The summed E-state index contributed by atoms with van der Waals surface area (Å²) in [5.41, 5.74) is 0.494. The number of carbonyl (C=O) groups excluding carboxylic acids is 1. The molecule has 0 fully saturated rings. The van der Waals surface area contributed by atoms with Crippen LogP contribution in [0.3, 0.4) is 0 Å². The van der Waals surface area contributed by atoms with E-state index in [0.29, 0.717) is 5.69 Å². The molecule has 0 aliphatic carbocycles. The van der Waals surface area contributed by atoms with Gasteiger partial charge in [0.2, 0.25) is 0 Å². The molecule has 106 valence electrons. The molecule has 0 bridgehead atoms. The molecule has 0 unspecified atom stereocenters. The molecule has 1 aromatic heterocycles. The summed E-state index contributed by atoms with van der Waals surface area (Å²) < 4.78 is 1.04. The van der Waals surface area contributed by atoms with Crippen molar-refractivity contribution in [1.29, 1.82) is 0 Å². The molecular formula is C14H22IN3O. The largest absolute Gasteiger partial charge is 0.351 e. The zero-order valence-corrected chi connectivity index (χ0v) is 13.8. The molecule has 0 spiro atoms. The number of nitrogens with zero attached hydrogens (tertiary/aromatic N) is 2. The third kappa shape index (κ3) is 7.47. The van der Waals surface area contributed by atoms with E-state index in [1.165, 1.54) is 12.8 Å². The molecule has 1 N–H and O–H groups in total. The second-order valence-corrected chi connectivity index (χ2v) is 6.08. The summed E-state index contributed by atoms with van der Waals surface area (Å²) in [5, 5.41) is 2.90. The molecule has 1 aromatic rings. The molecule has 4 nitrogen and oxygen atoms in total. The molecule has 0 radical (unpaired) electrons. The lowest BCUT2D eigenvalue weighted by molar-refractivity contribution is 0.0948. The Morgan fingerprint density at radius 2 is 2.00 bits per heavy atom. The number of amides is 1. The van der Waals surface area contributed by atoms with Crippen LogP contribution in [0.2, 0.25) is 0 Å². The lowest BCUT2D eigenvalue weighted by Gasteiger charge is -2.08. The van der Waals surface area contributed by atoms with Crippen molar-refractivity contribution in [3.8, 4) is 0 Å². The van der Waals surface area contributed by atoms with Crippen molar-refractivity contribution in [2.24, 2.45) is 0 Å². The van der Waals surface area contributed by atoms with Crippen LogP contribution in [0.1, 0.15) is 36.2 Å². The topological polar surface area (TPSA) is 45.2 Å². The molecule has 1 rings (SSSR count). The number of nitrogens with one attached hydrogen (secondary N) is 1. The van der Waals surface area contributed by atoms with Crippen LogP contribution in [0.4, 0.5) is 0 Å². The quantitative estimate of drug-likeness (QED) is 0.558. The van der Waals surface area contributed by atoms with Gasteiger partial charge in [0.25, 0.3) is 5.91 Å². The fraction of sp³-hybridized carbons (Fsp3) is 0.571. The average Bonchev–Trinajstić information content (AvgIpc) is 2.38. The van der Waals surface area contributed by atoms with Gasteiger partial charge in [-0.25, -0.2) is 4.98 Å². The molecule has 1 heterocycles. The maximum atomic E-state index is 11.8. The number of carbonyl (C=O) groups is 1. The highest BCUT2D eigenvalue weighted by atomic mass is 131. The maximum Gasteiger partial charge on any atom is 0.269 e. The fourth-order valence-electron chi connectivity index (χ4n) is 1.71. The second-order valence-electron chi connectivity index (χ2n) is 4.84. The number of halogens is 1. The number of hydrogen-bond donors (Lipinski definition) is 1. The monoisotopic (exact) mass is 379 g/mol. The van der Waals surface area contributed by atoms with E-state index < -0.39 is 0 Å². The fourth-order valence-corrected chi connectivity index (χ4v) is 2.03. The van der Waals surface area contributed by atoms with Crippen molar-refractivity contribution in [2.45, 2.75) is 25.7 Å². The van der Waals surface area contributed by atoms with Crippen LogP contribution in [0.5, 0.6) is 0 Å². The molecule has 0 saturated heterocycles. The first kappa shape index (κ1) is 16.4. The summed E-state index contributed by atoms with van der Waals surface area (Å²) in [6.45, 7) is 1.87. The van der Waals surface area contributed by atoms with E-state index in [9.17, 15) is 4.79 Å². The summed E-state index contributed by atoms with van der Waals surface area (Å²) in [6, 6.07) is 3.65. The second kappa shape index (κ2) is 9.25. The van der Waals surface area contributed by atoms with Crippen LogP contribution in [-0.2, 0) is 0 Å². The summed E-state index contributed by atoms with van der Waals surface area (Å²) in [7, 11) is 4.18. The van der Waals surface area contributed by atoms with Crippen LogP contribution in [0.15, 0.2) is 18.3 Å². The number of unbranched alkanes of at least 4 members (excludes halogenated alkanes) is 3. The van der Waals surface area contributed by atoms with Crippen molar-refractivity contribution in [3.63, 3.8) is 0 Å². The maximum absolute atomic E-state index is 11.8. The number of pyridine rings is 1.